The van der Waals surface area contributed by atoms with Crippen molar-refractivity contribution < 1.29 is 4.39 Å². The number of rotatable bonds is 5. The fraction of sp³-hybridized carbons (Fsp3) is 0.474. The van der Waals surface area contributed by atoms with Crippen molar-refractivity contribution in [1.82, 2.24) is 19.8 Å². The van der Waals surface area contributed by atoms with Crippen molar-refractivity contribution in [2.45, 2.75) is 32.9 Å². The molecule has 1 aromatic carbocycles. The molecule has 0 atom stereocenters. The Labute approximate surface area is 143 Å². The maximum Gasteiger partial charge on any atom is 0.130 e. The van der Waals surface area contributed by atoms with Gasteiger partial charge in [-0.15, -0.1) is 0 Å². The molecule has 0 unspecified atom stereocenters. The topological polar surface area (TPSA) is 32.3 Å². The molecule has 1 saturated heterocycles. The molecule has 24 heavy (non-hydrogen) atoms. The van der Waals surface area contributed by atoms with Gasteiger partial charge >= 0.3 is 0 Å². The molecule has 4 nitrogen and oxygen atoms in total. The van der Waals surface area contributed by atoms with Crippen LogP contribution in [0.2, 0.25) is 0 Å². The molecule has 2 aromatic rings. The summed E-state index contributed by atoms with van der Waals surface area (Å²) in [7, 11) is 0. The van der Waals surface area contributed by atoms with Crippen LogP contribution in [0.1, 0.15) is 36.7 Å². The molecule has 2 heterocycles. The minimum absolute atomic E-state index is 0.156. The van der Waals surface area contributed by atoms with E-state index >= 15 is 0 Å². The van der Waals surface area contributed by atoms with Crippen molar-refractivity contribution in [2.24, 2.45) is 0 Å². The van der Waals surface area contributed by atoms with Crippen LogP contribution < -0.4 is 0 Å². The van der Waals surface area contributed by atoms with Gasteiger partial charge in [-0.2, -0.15) is 0 Å². The van der Waals surface area contributed by atoms with Gasteiger partial charge in [0.2, 0.25) is 0 Å². The lowest BCUT2D eigenvalue weighted by Gasteiger charge is -2.34. The third-order valence-electron chi connectivity index (χ3n) is 4.41. The van der Waals surface area contributed by atoms with Gasteiger partial charge in [-0.3, -0.25) is 9.80 Å². The van der Waals surface area contributed by atoms with Crippen LogP contribution in [-0.2, 0) is 13.1 Å². The highest BCUT2D eigenvalue weighted by Crippen LogP contribution is 2.13. The van der Waals surface area contributed by atoms with Gasteiger partial charge in [-0.1, -0.05) is 26.0 Å². The quantitative estimate of drug-likeness (QED) is 0.844. The van der Waals surface area contributed by atoms with Crippen LogP contribution >= 0.6 is 0 Å². The summed E-state index contributed by atoms with van der Waals surface area (Å²) in [6, 6.07) is 6.89. The Hall–Kier alpha value is -1.85. The molecule has 0 radical (unpaired) electrons. The van der Waals surface area contributed by atoms with Crippen LogP contribution in [0.25, 0.3) is 0 Å². The first-order valence-electron chi connectivity index (χ1n) is 8.60. The third-order valence-corrected chi connectivity index (χ3v) is 4.41. The third kappa shape index (κ3) is 4.58. The van der Waals surface area contributed by atoms with Gasteiger partial charge in [0.1, 0.15) is 11.6 Å². The maximum absolute atomic E-state index is 13.3. The van der Waals surface area contributed by atoms with E-state index in [4.69, 9.17) is 0 Å². The zero-order valence-corrected chi connectivity index (χ0v) is 14.5. The highest BCUT2D eigenvalue weighted by atomic mass is 19.1. The lowest BCUT2D eigenvalue weighted by atomic mass is 10.2. The summed E-state index contributed by atoms with van der Waals surface area (Å²) in [6.45, 7) is 9.95. The molecule has 0 amide bonds. The number of hydrogen-bond donors (Lipinski definition) is 0. The van der Waals surface area contributed by atoms with E-state index in [9.17, 15) is 4.39 Å². The summed E-state index contributed by atoms with van der Waals surface area (Å²) in [5.41, 5.74) is 2.21. The zero-order valence-electron chi connectivity index (χ0n) is 14.5. The van der Waals surface area contributed by atoms with Crippen LogP contribution in [0.3, 0.4) is 0 Å². The van der Waals surface area contributed by atoms with E-state index in [2.05, 4.69) is 33.6 Å². The van der Waals surface area contributed by atoms with E-state index in [0.29, 0.717) is 5.92 Å². The summed E-state index contributed by atoms with van der Waals surface area (Å²) >= 11 is 0. The molecule has 1 fully saturated rings. The minimum atomic E-state index is -0.156. The lowest BCUT2D eigenvalue weighted by Crippen LogP contribution is -2.45. The van der Waals surface area contributed by atoms with E-state index < -0.39 is 0 Å². The summed E-state index contributed by atoms with van der Waals surface area (Å²) < 4.78 is 13.3. The Bertz CT molecular complexity index is 649. The second-order valence-electron chi connectivity index (χ2n) is 6.79. The van der Waals surface area contributed by atoms with Crippen LogP contribution in [0.15, 0.2) is 36.7 Å². The normalized spacial score (nSPS) is 16.7. The largest absolute Gasteiger partial charge is 0.297 e. The van der Waals surface area contributed by atoms with Gasteiger partial charge in [0, 0.05) is 63.1 Å². The molecule has 1 aliphatic heterocycles. The first-order chi connectivity index (χ1) is 11.6. The summed E-state index contributed by atoms with van der Waals surface area (Å²) in [6.07, 6.45) is 3.89. The van der Waals surface area contributed by atoms with E-state index in [1.165, 1.54) is 6.07 Å². The number of hydrogen-bond acceptors (Lipinski definition) is 4. The molecule has 128 valence electrons. The average molecular weight is 328 g/mol. The van der Waals surface area contributed by atoms with Gasteiger partial charge in [0.05, 0.1) is 0 Å². The maximum atomic E-state index is 13.3. The van der Waals surface area contributed by atoms with Crippen LogP contribution in [-0.4, -0.2) is 45.9 Å². The molecule has 0 bridgehead atoms. The van der Waals surface area contributed by atoms with E-state index in [-0.39, 0.29) is 5.82 Å². The molecule has 1 aromatic heterocycles. The first kappa shape index (κ1) is 17.0. The summed E-state index contributed by atoms with van der Waals surface area (Å²) in [5, 5.41) is 0. The number of piperazine rings is 1. The number of benzene rings is 1. The highest BCUT2D eigenvalue weighted by molar-refractivity contribution is 5.16. The molecular formula is C19H25FN4. The summed E-state index contributed by atoms with van der Waals surface area (Å²) in [4.78, 5) is 13.7. The average Bonchev–Trinajstić information content (AvgIpc) is 2.57. The SMILES string of the molecule is CC(C)c1ncc(CN2CCN(Cc3cccc(F)c3)CC2)cn1. The smallest absolute Gasteiger partial charge is 0.130 e. The Morgan fingerprint density at radius 3 is 2.08 bits per heavy atom. The fourth-order valence-corrected chi connectivity index (χ4v) is 3.00. The van der Waals surface area contributed by atoms with E-state index in [1.54, 1.807) is 12.1 Å². The van der Waals surface area contributed by atoms with Gasteiger partial charge in [0.15, 0.2) is 0 Å². The predicted molar refractivity (Wildman–Crippen MR) is 93.1 cm³/mol. The molecule has 0 spiro atoms. The highest BCUT2D eigenvalue weighted by Gasteiger charge is 2.17. The molecule has 0 N–H and O–H groups in total. The number of halogens is 1. The molecular weight excluding hydrogens is 303 g/mol. The minimum Gasteiger partial charge on any atom is -0.297 e. The van der Waals surface area contributed by atoms with Crippen molar-refractivity contribution in [3.05, 3.63) is 59.4 Å². The van der Waals surface area contributed by atoms with Crippen LogP contribution in [0.5, 0.6) is 0 Å². The van der Waals surface area contributed by atoms with Crippen molar-refractivity contribution in [3.8, 4) is 0 Å². The lowest BCUT2D eigenvalue weighted by molar-refractivity contribution is 0.121. The fourth-order valence-electron chi connectivity index (χ4n) is 3.00. The van der Waals surface area contributed by atoms with Crippen molar-refractivity contribution in [1.29, 1.82) is 0 Å². The Morgan fingerprint density at radius 1 is 0.958 bits per heavy atom. The van der Waals surface area contributed by atoms with Crippen LogP contribution in [0, 0.1) is 5.82 Å². The van der Waals surface area contributed by atoms with Crippen molar-refractivity contribution >= 4 is 0 Å². The molecule has 0 aliphatic carbocycles. The Kier molecular flexibility index (Phi) is 5.53. The molecule has 1 aliphatic rings. The Morgan fingerprint density at radius 2 is 1.54 bits per heavy atom. The summed E-state index contributed by atoms with van der Waals surface area (Å²) in [5.74, 6) is 1.11. The molecule has 5 heteroatoms. The monoisotopic (exact) mass is 328 g/mol. The van der Waals surface area contributed by atoms with Crippen molar-refractivity contribution in [2.75, 3.05) is 26.2 Å². The van der Waals surface area contributed by atoms with Crippen LogP contribution in [0.4, 0.5) is 4.39 Å². The van der Waals surface area contributed by atoms with Gasteiger partial charge in [0.25, 0.3) is 0 Å². The number of aromatic nitrogens is 2. The van der Waals surface area contributed by atoms with E-state index in [1.807, 2.05) is 18.5 Å². The van der Waals surface area contributed by atoms with E-state index in [0.717, 1.165) is 56.2 Å². The van der Waals surface area contributed by atoms with Gasteiger partial charge < -0.3 is 0 Å². The van der Waals surface area contributed by atoms with Gasteiger partial charge in [-0.05, 0) is 17.7 Å². The second kappa shape index (κ2) is 7.81. The molecule has 3 rings (SSSR count). The molecule has 0 saturated carbocycles. The second-order valence-corrected chi connectivity index (χ2v) is 6.79. The van der Waals surface area contributed by atoms with Crippen molar-refractivity contribution in [3.63, 3.8) is 0 Å². The number of nitrogens with zero attached hydrogens (tertiary/aromatic N) is 4. The standard InChI is InChI=1S/C19H25FN4/c1-15(2)19-21-11-17(12-22-19)14-24-8-6-23(7-9-24)13-16-4-3-5-18(20)10-16/h3-5,10-12,15H,6-9,13-14H2,1-2H3. The van der Waals surface area contributed by atoms with Gasteiger partial charge in [-0.25, -0.2) is 14.4 Å². The first-order valence-corrected chi connectivity index (χ1v) is 8.60. The zero-order chi connectivity index (χ0) is 16.9. The predicted octanol–water partition coefficient (Wildman–Crippen LogP) is 3.06. The Balaban J connectivity index is 1.48.